The van der Waals surface area contributed by atoms with Crippen LogP contribution in [0.15, 0.2) is 0 Å². The standard InChI is InChI=1S/C18H32N2O5S/c1-12(13-8-6-5-7-9-13)19-17(21)15-10-14(20(2)26(4,23)24)11-16(15)18(22)25-3/h12-16H,5-11H2,1-4H3,(H,19,21)/t12-,14-,15+,16+/m0/s1. The molecule has 0 radical (unpaired) electrons. The highest BCUT2D eigenvalue weighted by molar-refractivity contribution is 7.88. The van der Waals surface area contributed by atoms with E-state index in [9.17, 15) is 18.0 Å². The second-order valence-electron chi connectivity index (χ2n) is 7.84. The molecule has 0 aromatic rings. The number of rotatable bonds is 6. The van der Waals surface area contributed by atoms with E-state index >= 15 is 0 Å². The number of esters is 1. The van der Waals surface area contributed by atoms with Gasteiger partial charge >= 0.3 is 5.97 Å². The molecule has 0 spiro atoms. The first-order chi connectivity index (χ1) is 12.1. The highest BCUT2D eigenvalue weighted by Crippen LogP contribution is 2.37. The molecule has 0 unspecified atom stereocenters. The second kappa shape index (κ2) is 8.69. The van der Waals surface area contributed by atoms with Gasteiger partial charge in [0.15, 0.2) is 0 Å². The van der Waals surface area contributed by atoms with Crippen molar-refractivity contribution in [1.29, 1.82) is 0 Å². The maximum Gasteiger partial charge on any atom is 0.309 e. The smallest absolute Gasteiger partial charge is 0.309 e. The third-order valence-corrected chi connectivity index (χ3v) is 7.49. The van der Waals surface area contributed by atoms with Gasteiger partial charge in [0.05, 0.1) is 25.2 Å². The van der Waals surface area contributed by atoms with Gasteiger partial charge < -0.3 is 10.1 Å². The van der Waals surface area contributed by atoms with E-state index in [1.165, 1.54) is 37.7 Å². The number of amides is 1. The third-order valence-electron chi connectivity index (χ3n) is 6.14. The Bertz CT molecular complexity index is 615. The lowest BCUT2D eigenvalue weighted by Crippen LogP contribution is -2.44. The molecule has 150 valence electrons. The molecule has 0 heterocycles. The molecular formula is C18H32N2O5S. The van der Waals surface area contributed by atoms with Crippen molar-refractivity contribution in [2.75, 3.05) is 20.4 Å². The van der Waals surface area contributed by atoms with Crippen molar-refractivity contribution in [3.63, 3.8) is 0 Å². The number of methoxy groups -OCH3 is 1. The van der Waals surface area contributed by atoms with E-state index in [4.69, 9.17) is 4.74 Å². The SMILES string of the molecule is COC(=O)[C@@H]1C[C@@H](N(C)S(C)(=O)=O)C[C@H]1C(=O)N[C@@H](C)C1CCCCC1. The predicted octanol–water partition coefficient (Wildman–Crippen LogP) is 1.53. The molecule has 2 aliphatic rings. The molecule has 0 aromatic carbocycles. The number of sulfonamides is 1. The molecule has 1 N–H and O–H groups in total. The quantitative estimate of drug-likeness (QED) is 0.697. The number of ether oxygens (including phenoxy) is 1. The molecule has 8 heteroatoms. The fourth-order valence-corrected chi connectivity index (χ4v) is 5.08. The van der Waals surface area contributed by atoms with E-state index in [0.717, 1.165) is 19.1 Å². The van der Waals surface area contributed by atoms with Gasteiger partial charge in [0, 0.05) is 19.1 Å². The maximum atomic E-state index is 12.9. The van der Waals surface area contributed by atoms with Crippen LogP contribution in [-0.2, 0) is 24.3 Å². The summed E-state index contributed by atoms with van der Waals surface area (Å²) in [5, 5.41) is 3.08. The minimum absolute atomic E-state index is 0.0628. The Hall–Kier alpha value is -1.15. The van der Waals surface area contributed by atoms with Crippen molar-refractivity contribution in [3.8, 4) is 0 Å². The Morgan fingerprint density at radius 3 is 2.23 bits per heavy atom. The highest BCUT2D eigenvalue weighted by atomic mass is 32.2. The van der Waals surface area contributed by atoms with Crippen molar-refractivity contribution in [2.24, 2.45) is 17.8 Å². The monoisotopic (exact) mass is 388 g/mol. The molecule has 0 saturated heterocycles. The molecule has 2 aliphatic carbocycles. The second-order valence-corrected chi connectivity index (χ2v) is 9.88. The lowest BCUT2D eigenvalue weighted by molar-refractivity contribution is -0.149. The van der Waals surface area contributed by atoms with Gasteiger partial charge in [0.1, 0.15) is 0 Å². The van der Waals surface area contributed by atoms with Crippen LogP contribution in [0.5, 0.6) is 0 Å². The Morgan fingerprint density at radius 2 is 1.69 bits per heavy atom. The Kier molecular flexibility index (Phi) is 7.07. The van der Waals surface area contributed by atoms with Crippen molar-refractivity contribution < 1.29 is 22.7 Å². The van der Waals surface area contributed by atoms with Crippen molar-refractivity contribution in [3.05, 3.63) is 0 Å². The van der Waals surface area contributed by atoms with Gasteiger partial charge in [0.2, 0.25) is 15.9 Å². The lowest BCUT2D eigenvalue weighted by Gasteiger charge is -2.29. The average molecular weight is 389 g/mol. The van der Waals surface area contributed by atoms with Gasteiger partial charge in [-0.05, 0) is 38.5 Å². The van der Waals surface area contributed by atoms with Gasteiger partial charge in [-0.3, -0.25) is 9.59 Å². The van der Waals surface area contributed by atoms with Crippen LogP contribution in [0.4, 0.5) is 0 Å². The minimum atomic E-state index is -3.38. The van der Waals surface area contributed by atoms with Crippen LogP contribution in [-0.4, -0.2) is 57.1 Å². The van der Waals surface area contributed by atoms with Gasteiger partial charge in [-0.15, -0.1) is 0 Å². The minimum Gasteiger partial charge on any atom is -0.469 e. The predicted molar refractivity (Wildman–Crippen MR) is 98.8 cm³/mol. The summed E-state index contributed by atoms with van der Waals surface area (Å²) in [4.78, 5) is 25.0. The van der Waals surface area contributed by atoms with Crippen molar-refractivity contribution >= 4 is 21.9 Å². The number of nitrogens with one attached hydrogen (secondary N) is 1. The molecule has 4 atom stereocenters. The van der Waals surface area contributed by atoms with E-state index in [0.29, 0.717) is 18.8 Å². The molecule has 2 fully saturated rings. The normalized spacial score (nSPS) is 28.7. The van der Waals surface area contributed by atoms with Crippen LogP contribution < -0.4 is 5.32 Å². The Morgan fingerprint density at radius 1 is 1.12 bits per heavy atom. The van der Waals surface area contributed by atoms with Crippen LogP contribution in [0.1, 0.15) is 51.9 Å². The van der Waals surface area contributed by atoms with Crippen LogP contribution in [0.2, 0.25) is 0 Å². The zero-order chi connectivity index (χ0) is 19.5. The molecule has 0 bridgehead atoms. The third kappa shape index (κ3) is 4.97. The van der Waals surface area contributed by atoms with E-state index < -0.39 is 27.8 Å². The highest BCUT2D eigenvalue weighted by Gasteiger charge is 2.46. The van der Waals surface area contributed by atoms with E-state index in [1.54, 1.807) is 0 Å². The maximum absolute atomic E-state index is 12.9. The summed E-state index contributed by atoms with van der Waals surface area (Å²) in [6.07, 6.45) is 7.67. The molecule has 0 aliphatic heterocycles. The first-order valence-electron chi connectivity index (χ1n) is 9.46. The lowest BCUT2D eigenvalue weighted by atomic mass is 9.84. The summed E-state index contributed by atoms with van der Waals surface area (Å²) >= 11 is 0. The van der Waals surface area contributed by atoms with Crippen LogP contribution in [0.25, 0.3) is 0 Å². The number of carbonyl (C=O) groups is 2. The summed E-state index contributed by atoms with van der Waals surface area (Å²) in [5.74, 6) is -1.29. The van der Waals surface area contributed by atoms with Crippen molar-refractivity contribution in [2.45, 2.75) is 64.0 Å². The molecule has 2 saturated carbocycles. The number of nitrogens with zero attached hydrogens (tertiary/aromatic N) is 1. The van der Waals surface area contributed by atoms with Crippen LogP contribution >= 0.6 is 0 Å². The molecule has 0 aromatic heterocycles. The fourth-order valence-electron chi connectivity index (χ4n) is 4.36. The molecular weight excluding hydrogens is 356 g/mol. The Balaban J connectivity index is 2.07. The van der Waals surface area contributed by atoms with E-state index in [2.05, 4.69) is 5.32 Å². The molecule has 26 heavy (non-hydrogen) atoms. The zero-order valence-corrected chi connectivity index (χ0v) is 17.0. The van der Waals surface area contributed by atoms with Gasteiger partial charge in [-0.2, -0.15) is 0 Å². The van der Waals surface area contributed by atoms with Gasteiger partial charge in [0.25, 0.3) is 0 Å². The van der Waals surface area contributed by atoms with E-state index in [-0.39, 0.29) is 18.0 Å². The largest absolute Gasteiger partial charge is 0.469 e. The summed E-state index contributed by atoms with van der Waals surface area (Å²) in [6, 6.07) is -0.303. The van der Waals surface area contributed by atoms with Gasteiger partial charge in [-0.25, -0.2) is 12.7 Å². The molecule has 2 rings (SSSR count). The van der Waals surface area contributed by atoms with E-state index in [1.807, 2.05) is 6.92 Å². The average Bonchev–Trinajstić information content (AvgIpc) is 3.05. The first-order valence-corrected chi connectivity index (χ1v) is 11.3. The number of carbonyl (C=O) groups excluding carboxylic acids is 2. The summed E-state index contributed by atoms with van der Waals surface area (Å²) < 4.78 is 29.8. The number of hydrogen-bond acceptors (Lipinski definition) is 5. The first kappa shape index (κ1) is 21.2. The molecule has 7 nitrogen and oxygen atoms in total. The topological polar surface area (TPSA) is 92.8 Å². The summed E-state index contributed by atoms with van der Waals surface area (Å²) in [7, 11) is -0.581. The van der Waals surface area contributed by atoms with Crippen molar-refractivity contribution in [1.82, 2.24) is 9.62 Å². The van der Waals surface area contributed by atoms with Gasteiger partial charge in [-0.1, -0.05) is 19.3 Å². The summed E-state index contributed by atoms with van der Waals surface area (Å²) in [6.45, 7) is 2.02. The number of hydrogen-bond donors (Lipinski definition) is 1. The van der Waals surface area contributed by atoms with Crippen LogP contribution in [0, 0.1) is 17.8 Å². The van der Waals surface area contributed by atoms with Crippen LogP contribution in [0.3, 0.4) is 0 Å². The Labute approximate surface area is 156 Å². The fraction of sp³-hybridized carbons (Fsp3) is 0.889. The molecule has 1 amide bonds. The summed E-state index contributed by atoms with van der Waals surface area (Å²) in [5.41, 5.74) is 0. The zero-order valence-electron chi connectivity index (χ0n) is 16.2.